The summed E-state index contributed by atoms with van der Waals surface area (Å²) >= 11 is 2.98. The molecule has 3 aromatic rings. The van der Waals surface area contributed by atoms with Crippen LogP contribution in [0.5, 0.6) is 11.6 Å². The number of hydrogen-bond acceptors (Lipinski definition) is 6. The average molecular weight is 483 g/mol. The van der Waals surface area contributed by atoms with E-state index in [1.165, 1.54) is 48.4 Å². The molecule has 0 unspecified atom stereocenters. The normalized spacial score (nSPS) is 27.9. The first-order valence-electron chi connectivity index (χ1n) is 11.6. The summed E-state index contributed by atoms with van der Waals surface area (Å²) in [4.78, 5) is 9.36. The summed E-state index contributed by atoms with van der Waals surface area (Å²) in [5.74, 6) is 1.49. The second kappa shape index (κ2) is 7.98. The minimum absolute atomic E-state index is 0.0644. The molecule has 4 bridgehead atoms. The zero-order valence-corrected chi connectivity index (χ0v) is 20.2. The van der Waals surface area contributed by atoms with Gasteiger partial charge in [0.25, 0.3) is 0 Å². The highest BCUT2D eigenvalue weighted by Gasteiger charge is 2.52. The van der Waals surface area contributed by atoms with Gasteiger partial charge in [-0.15, -0.1) is 11.3 Å². The molecule has 0 saturated heterocycles. The van der Waals surface area contributed by atoms with Crippen LogP contribution in [0.2, 0.25) is 0 Å². The lowest BCUT2D eigenvalue weighted by atomic mass is 9.48. The van der Waals surface area contributed by atoms with E-state index in [1.807, 2.05) is 18.4 Å². The van der Waals surface area contributed by atoms with E-state index in [1.54, 1.807) is 12.4 Å². The number of phenols is 1. The summed E-state index contributed by atoms with van der Waals surface area (Å²) in [7, 11) is 0. The third-order valence-corrected chi connectivity index (χ3v) is 10.0. The fourth-order valence-corrected chi connectivity index (χ4v) is 8.59. The van der Waals surface area contributed by atoms with Gasteiger partial charge in [0.05, 0.1) is 4.88 Å². The van der Waals surface area contributed by atoms with Crippen molar-refractivity contribution >= 4 is 23.1 Å². The van der Waals surface area contributed by atoms with E-state index in [-0.39, 0.29) is 17.0 Å². The van der Waals surface area contributed by atoms with E-state index < -0.39 is 5.82 Å². The molecular weight excluding hydrogens is 455 g/mol. The van der Waals surface area contributed by atoms with Gasteiger partial charge in [0.2, 0.25) is 5.88 Å². The molecule has 4 aliphatic rings. The molecule has 172 valence electrons. The van der Waals surface area contributed by atoms with Crippen LogP contribution in [0.4, 0.5) is 4.39 Å². The second-order valence-electron chi connectivity index (χ2n) is 10.2. The van der Waals surface area contributed by atoms with E-state index >= 15 is 4.39 Å². The Bertz CT molecular complexity index is 1190. The quantitative estimate of drug-likeness (QED) is 0.405. The summed E-state index contributed by atoms with van der Waals surface area (Å²) in [5, 5.41) is 21.0. The van der Waals surface area contributed by atoms with Gasteiger partial charge in [-0.1, -0.05) is 11.8 Å². The Balaban J connectivity index is 1.36. The molecule has 0 amide bonds. The topological polar surface area (TPSA) is 66.2 Å². The number of aromatic nitrogens is 2. The molecule has 0 atom stereocenters. The van der Waals surface area contributed by atoms with E-state index in [4.69, 9.17) is 0 Å². The summed E-state index contributed by atoms with van der Waals surface area (Å²) in [5.41, 5.74) is 3.22. The molecule has 2 N–H and O–H groups in total. The summed E-state index contributed by atoms with van der Waals surface area (Å²) in [6.45, 7) is 0. The van der Waals surface area contributed by atoms with Crippen LogP contribution in [-0.4, -0.2) is 26.4 Å². The predicted octanol–water partition coefficient (Wildman–Crippen LogP) is 6.54. The maximum Gasteiger partial charge on any atom is 0.226 e. The maximum atomic E-state index is 15.0. The van der Waals surface area contributed by atoms with Crippen LogP contribution in [0, 0.1) is 23.6 Å². The monoisotopic (exact) mass is 482 g/mol. The van der Waals surface area contributed by atoms with Crippen LogP contribution in [0.1, 0.15) is 54.5 Å². The molecule has 4 fully saturated rings. The fourth-order valence-electron chi connectivity index (χ4n) is 7.06. The second-order valence-corrected chi connectivity index (χ2v) is 12.4. The molecule has 4 saturated carbocycles. The number of pyridine rings is 1. The van der Waals surface area contributed by atoms with Crippen molar-refractivity contribution < 1.29 is 14.6 Å². The van der Waals surface area contributed by atoms with Gasteiger partial charge in [-0.3, -0.25) is 4.98 Å². The standard InChI is InChI=1S/C26H27FN2O2S2/c1-32-25-29-24(31)22(33-25)6-17-5-19(13-28-12-17)18-7-20(23(30)21(27)8-18)26-9-14-2-15(10-26)4-16(3-14)11-26/h5,7-8,12-16,30-31H,2-4,6,9-11H2,1H3. The number of benzene rings is 1. The third kappa shape index (κ3) is 3.73. The lowest BCUT2D eigenvalue weighted by Crippen LogP contribution is -2.48. The van der Waals surface area contributed by atoms with E-state index in [2.05, 4.69) is 9.97 Å². The van der Waals surface area contributed by atoms with Crippen molar-refractivity contribution in [3.8, 4) is 22.8 Å². The van der Waals surface area contributed by atoms with Crippen molar-refractivity contribution in [3.63, 3.8) is 0 Å². The highest BCUT2D eigenvalue weighted by atomic mass is 32.2. The van der Waals surface area contributed by atoms with Crippen LogP contribution >= 0.6 is 23.1 Å². The fraction of sp³-hybridized carbons (Fsp3) is 0.462. The molecule has 33 heavy (non-hydrogen) atoms. The van der Waals surface area contributed by atoms with E-state index in [9.17, 15) is 10.2 Å². The number of hydrogen-bond donors (Lipinski definition) is 2. The Hall–Kier alpha value is -2.12. The first-order chi connectivity index (χ1) is 15.9. The molecule has 4 nitrogen and oxygen atoms in total. The van der Waals surface area contributed by atoms with Crippen molar-refractivity contribution in [3.05, 3.63) is 52.4 Å². The zero-order chi connectivity index (χ0) is 22.7. The molecule has 0 radical (unpaired) electrons. The van der Waals surface area contributed by atoms with Crippen molar-refractivity contribution in [1.82, 2.24) is 9.97 Å². The largest absolute Gasteiger partial charge is 0.505 e. The molecule has 1 aromatic carbocycles. The Morgan fingerprint density at radius 1 is 1.03 bits per heavy atom. The van der Waals surface area contributed by atoms with Crippen molar-refractivity contribution in [2.75, 3.05) is 6.26 Å². The van der Waals surface area contributed by atoms with Crippen LogP contribution in [0.15, 0.2) is 34.9 Å². The number of rotatable bonds is 5. The van der Waals surface area contributed by atoms with Crippen molar-refractivity contribution in [2.24, 2.45) is 17.8 Å². The zero-order valence-electron chi connectivity index (χ0n) is 18.6. The highest BCUT2D eigenvalue weighted by Crippen LogP contribution is 2.62. The van der Waals surface area contributed by atoms with Crippen molar-refractivity contribution in [2.45, 2.75) is 54.7 Å². The minimum Gasteiger partial charge on any atom is -0.505 e. The first-order valence-corrected chi connectivity index (χ1v) is 13.7. The van der Waals surface area contributed by atoms with Crippen LogP contribution in [0.3, 0.4) is 0 Å². The van der Waals surface area contributed by atoms with Crippen molar-refractivity contribution in [1.29, 1.82) is 0 Å². The Morgan fingerprint density at radius 3 is 2.36 bits per heavy atom. The lowest BCUT2D eigenvalue weighted by Gasteiger charge is -2.57. The van der Waals surface area contributed by atoms with Gasteiger partial charge >= 0.3 is 0 Å². The van der Waals surface area contributed by atoms with Gasteiger partial charge in [-0.05, 0) is 97.3 Å². The Kier molecular flexibility index (Phi) is 5.18. The SMILES string of the molecule is CSc1nc(O)c(Cc2cncc(-c3cc(F)c(O)c(C45CC6CC(CC(C6)C4)C5)c3)c2)s1. The van der Waals surface area contributed by atoms with Gasteiger partial charge in [0.1, 0.15) is 0 Å². The first kappa shape index (κ1) is 21.4. The summed E-state index contributed by atoms with van der Waals surface area (Å²) in [6.07, 6.45) is 13.1. The molecule has 7 rings (SSSR count). The molecule has 2 aromatic heterocycles. The molecule has 7 heteroatoms. The molecular formula is C26H27FN2O2S2. The Labute approximate surface area is 201 Å². The van der Waals surface area contributed by atoms with Gasteiger partial charge < -0.3 is 10.2 Å². The van der Waals surface area contributed by atoms with Crippen LogP contribution in [0.25, 0.3) is 11.1 Å². The van der Waals surface area contributed by atoms with Crippen LogP contribution in [-0.2, 0) is 11.8 Å². The molecule has 0 aliphatic heterocycles. The predicted molar refractivity (Wildman–Crippen MR) is 130 cm³/mol. The smallest absolute Gasteiger partial charge is 0.226 e. The summed E-state index contributed by atoms with van der Waals surface area (Å²) < 4.78 is 15.9. The highest BCUT2D eigenvalue weighted by molar-refractivity contribution is 8.00. The van der Waals surface area contributed by atoms with Gasteiger partial charge in [0.15, 0.2) is 15.9 Å². The molecule has 4 aliphatic carbocycles. The summed E-state index contributed by atoms with van der Waals surface area (Å²) in [6, 6.07) is 5.44. The van der Waals surface area contributed by atoms with E-state index in [0.717, 1.165) is 50.7 Å². The van der Waals surface area contributed by atoms with Crippen LogP contribution < -0.4 is 0 Å². The number of thioether (sulfide) groups is 1. The minimum atomic E-state index is -0.548. The van der Waals surface area contributed by atoms with Gasteiger partial charge in [-0.25, -0.2) is 4.39 Å². The lowest BCUT2D eigenvalue weighted by molar-refractivity contribution is -0.00632. The van der Waals surface area contributed by atoms with Gasteiger partial charge in [0, 0.05) is 29.9 Å². The Morgan fingerprint density at radius 2 is 1.73 bits per heavy atom. The number of phenolic OH excluding ortho intramolecular Hbond substituents is 1. The molecule has 0 spiro atoms. The number of thiazole rings is 1. The van der Waals surface area contributed by atoms with E-state index in [0.29, 0.717) is 24.2 Å². The van der Waals surface area contributed by atoms with Gasteiger partial charge in [-0.2, -0.15) is 4.98 Å². The number of halogens is 1. The average Bonchev–Trinajstić information content (AvgIpc) is 3.14. The molecule has 2 heterocycles. The third-order valence-electron chi connectivity index (χ3n) is 8.00. The maximum absolute atomic E-state index is 15.0. The number of nitrogens with zero attached hydrogens (tertiary/aromatic N) is 2. The number of aromatic hydroxyl groups is 2.